The van der Waals surface area contributed by atoms with E-state index in [1.54, 1.807) is 16.7 Å². The van der Waals surface area contributed by atoms with E-state index in [-0.39, 0.29) is 5.75 Å². The second kappa shape index (κ2) is 5.69. The molecule has 3 nitrogen and oxygen atoms in total. The number of aryl methyl sites for hydroxylation is 2. The first-order valence-corrected chi connectivity index (χ1v) is 6.60. The molecule has 0 spiro atoms. The third kappa shape index (κ3) is 3.12. The minimum Gasteiger partial charge on any atom is -0.433 e. The Labute approximate surface area is 118 Å². The Morgan fingerprint density at radius 1 is 1.42 bits per heavy atom. The summed E-state index contributed by atoms with van der Waals surface area (Å²) in [6.07, 6.45) is 2.62. The monoisotopic (exact) mass is 330 g/mol. The highest BCUT2D eigenvalue weighted by atomic mass is 79.9. The van der Waals surface area contributed by atoms with Crippen molar-refractivity contribution in [1.29, 1.82) is 0 Å². The number of imidazole rings is 1. The molecule has 102 valence electrons. The SMILES string of the molecule is CCc1cn(-c2ccc(Br)cc2OC(F)F)c(C)n1. The van der Waals surface area contributed by atoms with Crippen molar-refractivity contribution in [3.05, 3.63) is 40.4 Å². The number of halogens is 3. The first-order chi connectivity index (χ1) is 9.01. The number of ether oxygens (including phenoxy) is 1. The quantitative estimate of drug-likeness (QED) is 0.843. The van der Waals surface area contributed by atoms with Gasteiger partial charge < -0.3 is 9.30 Å². The number of benzene rings is 1. The topological polar surface area (TPSA) is 27.1 Å². The van der Waals surface area contributed by atoms with Gasteiger partial charge in [0.05, 0.1) is 11.4 Å². The summed E-state index contributed by atoms with van der Waals surface area (Å²) in [6.45, 7) is 0.958. The van der Waals surface area contributed by atoms with Crippen molar-refractivity contribution in [2.45, 2.75) is 26.9 Å². The molecule has 0 amide bonds. The molecule has 0 aliphatic heterocycles. The fourth-order valence-corrected chi connectivity index (χ4v) is 2.16. The van der Waals surface area contributed by atoms with Crippen LogP contribution in [-0.2, 0) is 6.42 Å². The van der Waals surface area contributed by atoms with Crippen LogP contribution in [0.2, 0.25) is 0 Å². The van der Waals surface area contributed by atoms with Crippen LogP contribution in [0.15, 0.2) is 28.9 Å². The van der Waals surface area contributed by atoms with Gasteiger partial charge in [0.1, 0.15) is 5.82 Å². The van der Waals surface area contributed by atoms with Crippen LogP contribution in [-0.4, -0.2) is 16.2 Å². The van der Waals surface area contributed by atoms with Crippen LogP contribution in [0.1, 0.15) is 18.4 Å². The Bertz CT molecular complexity index is 584. The Morgan fingerprint density at radius 3 is 2.74 bits per heavy atom. The number of alkyl halides is 2. The van der Waals surface area contributed by atoms with E-state index in [1.165, 1.54) is 6.07 Å². The van der Waals surface area contributed by atoms with Gasteiger partial charge in [-0.3, -0.25) is 0 Å². The third-order valence-electron chi connectivity index (χ3n) is 2.69. The maximum Gasteiger partial charge on any atom is 0.387 e. The normalized spacial score (nSPS) is 11.1. The van der Waals surface area contributed by atoms with Crippen LogP contribution in [0.3, 0.4) is 0 Å². The third-order valence-corrected chi connectivity index (χ3v) is 3.19. The molecular weight excluding hydrogens is 318 g/mol. The van der Waals surface area contributed by atoms with Gasteiger partial charge in [-0.05, 0) is 31.5 Å². The average Bonchev–Trinajstić information content (AvgIpc) is 2.70. The van der Waals surface area contributed by atoms with Crippen LogP contribution in [0.4, 0.5) is 8.78 Å². The molecule has 0 radical (unpaired) electrons. The maximum atomic E-state index is 12.5. The van der Waals surface area contributed by atoms with E-state index in [2.05, 4.69) is 25.7 Å². The van der Waals surface area contributed by atoms with Crippen LogP contribution in [0.5, 0.6) is 5.75 Å². The molecule has 19 heavy (non-hydrogen) atoms. The van der Waals surface area contributed by atoms with Gasteiger partial charge in [0.15, 0.2) is 5.75 Å². The van der Waals surface area contributed by atoms with Gasteiger partial charge in [-0.15, -0.1) is 0 Å². The summed E-state index contributed by atoms with van der Waals surface area (Å²) in [5.41, 5.74) is 1.46. The lowest BCUT2D eigenvalue weighted by Crippen LogP contribution is -2.06. The second-order valence-electron chi connectivity index (χ2n) is 3.99. The highest BCUT2D eigenvalue weighted by Gasteiger charge is 2.14. The number of rotatable bonds is 4. The number of nitrogens with zero attached hydrogens (tertiary/aromatic N) is 2. The van der Waals surface area contributed by atoms with Gasteiger partial charge in [0.2, 0.25) is 0 Å². The zero-order valence-corrected chi connectivity index (χ0v) is 12.1. The number of aromatic nitrogens is 2. The molecule has 0 saturated carbocycles. The van der Waals surface area contributed by atoms with Gasteiger partial charge in [-0.1, -0.05) is 22.9 Å². The highest BCUT2D eigenvalue weighted by Crippen LogP contribution is 2.29. The Kier molecular flexibility index (Phi) is 4.19. The van der Waals surface area contributed by atoms with Crippen LogP contribution >= 0.6 is 15.9 Å². The fraction of sp³-hybridized carbons (Fsp3) is 0.308. The molecule has 2 aromatic rings. The Morgan fingerprint density at radius 2 is 2.16 bits per heavy atom. The lowest BCUT2D eigenvalue weighted by atomic mass is 10.3. The molecule has 0 saturated heterocycles. The minimum absolute atomic E-state index is 0.118. The van der Waals surface area contributed by atoms with Gasteiger partial charge in [0.25, 0.3) is 0 Å². The zero-order valence-electron chi connectivity index (χ0n) is 10.5. The van der Waals surface area contributed by atoms with Crippen molar-refractivity contribution >= 4 is 15.9 Å². The Balaban J connectivity index is 2.50. The molecule has 0 aliphatic rings. The number of hydrogen-bond donors (Lipinski definition) is 0. The smallest absolute Gasteiger partial charge is 0.387 e. The predicted octanol–water partition coefficient (Wildman–Crippen LogP) is 4.11. The lowest BCUT2D eigenvalue weighted by Gasteiger charge is -2.12. The van der Waals surface area contributed by atoms with Crippen molar-refractivity contribution in [2.75, 3.05) is 0 Å². The predicted molar refractivity (Wildman–Crippen MR) is 72.0 cm³/mol. The molecule has 6 heteroatoms. The summed E-state index contributed by atoms with van der Waals surface area (Å²) in [6, 6.07) is 5.02. The summed E-state index contributed by atoms with van der Waals surface area (Å²) in [5.74, 6) is 0.853. The molecule has 1 aromatic carbocycles. The summed E-state index contributed by atoms with van der Waals surface area (Å²) in [7, 11) is 0. The van der Waals surface area contributed by atoms with Gasteiger partial charge >= 0.3 is 6.61 Å². The zero-order chi connectivity index (χ0) is 14.0. The summed E-state index contributed by atoms with van der Waals surface area (Å²) in [5, 5.41) is 0. The molecule has 0 N–H and O–H groups in total. The number of hydrogen-bond acceptors (Lipinski definition) is 2. The molecule has 1 aromatic heterocycles. The summed E-state index contributed by atoms with van der Waals surface area (Å²) >= 11 is 3.25. The van der Waals surface area contributed by atoms with E-state index in [4.69, 9.17) is 0 Å². The molecule has 0 unspecified atom stereocenters. The minimum atomic E-state index is -2.86. The van der Waals surface area contributed by atoms with E-state index >= 15 is 0 Å². The van der Waals surface area contributed by atoms with Crippen LogP contribution in [0.25, 0.3) is 5.69 Å². The summed E-state index contributed by atoms with van der Waals surface area (Å²) in [4.78, 5) is 4.36. The molecule has 0 fully saturated rings. The molecule has 0 atom stereocenters. The van der Waals surface area contributed by atoms with Gasteiger partial charge in [0, 0.05) is 10.7 Å². The molecule has 1 heterocycles. The Hall–Kier alpha value is -1.43. The first-order valence-electron chi connectivity index (χ1n) is 5.81. The molecule has 2 rings (SSSR count). The largest absolute Gasteiger partial charge is 0.433 e. The van der Waals surface area contributed by atoms with Crippen molar-refractivity contribution in [2.24, 2.45) is 0 Å². The maximum absolute atomic E-state index is 12.5. The van der Waals surface area contributed by atoms with Gasteiger partial charge in [-0.25, -0.2) is 4.98 Å². The van der Waals surface area contributed by atoms with E-state index < -0.39 is 6.61 Å². The van der Waals surface area contributed by atoms with Gasteiger partial charge in [-0.2, -0.15) is 8.78 Å². The van der Waals surface area contributed by atoms with Crippen molar-refractivity contribution in [3.8, 4) is 11.4 Å². The van der Waals surface area contributed by atoms with Crippen LogP contribution in [0, 0.1) is 6.92 Å². The van der Waals surface area contributed by atoms with Crippen molar-refractivity contribution < 1.29 is 13.5 Å². The van der Waals surface area contributed by atoms with Crippen molar-refractivity contribution in [3.63, 3.8) is 0 Å². The van der Waals surface area contributed by atoms with Crippen LogP contribution < -0.4 is 4.74 Å². The van der Waals surface area contributed by atoms with Crippen molar-refractivity contribution in [1.82, 2.24) is 9.55 Å². The highest BCUT2D eigenvalue weighted by molar-refractivity contribution is 9.10. The van der Waals surface area contributed by atoms with E-state index in [0.29, 0.717) is 10.2 Å². The standard InChI is InChI=1S/C13H13BrF2N2O/c1-3-10-7-18(8(2)17-10)11-5-4-9(14)6-12(11)19-13(15)16/h4-7,13H,3H2,1-2H3. The van der Waals surface area contributed by atoms with E-state index in [0.717, 1.165) is 17.9 Å². The van der Waals surface area contributed by atoms with E-state index in [9.17, 15) is 8.78 Å². The molecule has 0 aliphatic carbocycles. The lowest BCUT2D eigenvalue weighted by molar-refractivity contribution is -0.0498. The average molecular weight is 331 g/mol. The molecule has 0 bridgehead atoms. The first kappa shape index (κ1) is 14.0. The van der Waals surface area contributed by atoms with E-state index in [1.807, 2.05) is 20.0 Å². The fourth-order valence-electron chi connectivity index (χ4n) is 1.82. The second-order valence-corrected chi connectivity index (χ2v) is 4.91. The summed E-state index contributed by atoms with van der Waals surface area (Å²) < 4.78 is 31.9. The molecular formula is C13H13BrF2N2O.